The van der Waals surface area contributed by atoms with E-state index in [0.29, 0.717) is 18.4 Å². The summed E-state index contributed by atoms with van der Waals surface area (Å²) in [6.45, 7) is 6.61. The lowest BCUT2D eigenvalue weighted by molar-refractivity contribution is 0.385. The zero-order valence-corrected chi connectivity index (χ0v) is 12.1. The molecule has 1 atom stereocenters. The van der Waals surface area contributed by atoms with Crippen LogP contribution in [-0.2, 0) is 6.54 Å². The summed E-state index contributed by atoms with van der Waals surface area (Å²) in [6, 6.07) is 0.192. The number of nitrogens with zero attached hydrogens (tertiary/aromatic N) is 3. The number of rotatable bonds is 6. The normalized spacial score (nSPS) is 16.6. The van der Waals surface area contributed by atoms with Gasteiger partial charge in [-0.25, -0.2) is 0 Å². The van der Waals surface area contributed by atoms with Crippen LogP contribution in [0.3, 0.4) is 0 Å². The first-order valence-corrected chi connectivity index (χ1v) is 7.17. The fraction of sp³-hybridized carbons (Fsp3) is 0.643. The average Bonchev–Trinajstić information content (AvgIpc) is 3.11. The van der Waals surface area contributed by atoms with Gasteiger partial charge in [-0.2, -0.15) is 0 Å². The Morgan fingerprint density at radius 2 is 2.10 bits per heavy atom. The zero-order valence-electron chi connectivity index (χ0n) is 12.1. The molecule has 0 aromatic carbocycles. The maximum absolute atomic E-state index is 5.66. The van der Waals surface area contributed by atoms with Crippen LogP contribution in [0.1, 0.15) is 66.9 Å². The molecule has 0 bridgehead atoms. The first kappa shape index (κ1) is 13.3. The second-order valence-corrected chi connectivity index (χ2v) is 5.39. The zero-order chi connectivity index (χ0) is 14.1. The molecule has 6 nitrogen and oxygen atoms in total. The summed E-state index contributed by atoms with van der Waals surface area (Å²) < 4.78 is 10.9. The van der Waals surface area contributed by atoms with Crippen molar-refractivity contribution in [3.05, 3.63) is 28.8 Å². The van der Waals surface area contributed by atoms with E-state index in [1.165, 1.54) is 12.8 Å². The quantitative estimate of drug-likeness (QED) is 0.874. The van der Waals surface area contributed by atoms with Crippen molar-refractivity contribution < 1.29 is 8.94 Å². The molecule has 6 heteroatoms. The topological polar surface area (TPSA) is 77.0 Å². The van der Waals surface area contributed by atoms with Gasteiger partial charge in [0.05, 0.1) is 12.2 Å². The molecule has 1 aliphatic rings. The van der Waals surface area contributed by atoms with Crippen molar-refractivity contribution in [3.8, 4) is 0 Å². The second-order valence-electron chi connectivity index (χ2n) is 5.39. The van der Waals surface area contributed by atoms with Gasteiger partial charge in [0, 0.05) is 17.5 Å². The summed E-state index contributed by atoms with van der Waals surface area (Å²) in [6.07, 6.45) is 3.30. The lowest BCUT2D eigenvalue weighted by Crippen LogP contribution is -2.21. The summed E-state index contributed by atoms with van der Waals surface area (Å²) in [5.41, 5.74) is 2.07. The van der Waals surface area contributed by atoms with Gasteiger partial charge in [-0.05, 0) is 33.1 Å². The Balaban J connectivity index is 1.65. The molecular weight excluding hydrogens is 256 g/mol. The van der Waals surface area contributed by atoms with Crippen LogP contribution in [-0.4, -0.2) is 15.4 Å². The van der Waals surface area contributed by atoms with Crippen molar-refractivity contribution in [1.82, 2.24) is 20.7 Å². The van der Waals surface area contributed by atoms with Crippen LogP contribution in [0.2, 0.25) is 0 Å². The molecule has 0 spiro atoms. The molecule has 0 unspecified atom stereocenters. The molecule has 0 radical (unpaired) electrons. The third kappa shape index (κ3) is 2.60. The third-order valence-corrected chi connectivity index (χ3v) is 3.75. The van der Waals surface area contributed by atoms with E-state index in [1.54, 1.807) is 0 Å². The Bertz CT molecular complexity index is 566. The first-order valence-electron chi connectivity index (χ1n) is 7.17. The maximum Gasteiger partial charge on any atom is 0.230 e. The summed E-state index contributed by atoms with van der Waals surface area (Å²) in [5.74, 6) is 2.80. The number of aromatic nitrogens is 3. The molecule has 0 amide bonds. The van der Waals surface area contributed by atoms with Crippen molar-refractivity contribution in [2.75, 3.05) is 0 Å². The number of hydrogen-bond acceptors (Lipinski definition) is 6. The van der Waals surface area contributed by atoms with Gasteiger partial charge in [0.25, 0.3) is 0 Å². The van der Waals surface area contributed by atoms with Crippen LogP contribution in [0.25, 0.3) is 0 Å². The second kappa shape index (κ2) is 5.36. The smallest absolute Gasteiger partial charge is 0.230 e. The van der Waals surface area contributed by atoms with Crippen LogP contribution < -0.4 is 5.32 Å². The van der Waals surface area contributed by atoms with E-state index >= 15 is 0 Å². The minimum atomic E-state index is 0.192. The Morgan fingerprint density at radius 1 is 1.30 bits per heavy atom. The van der Waals surface area contributed by atoms with Gasteiger partial charge < -0.3 is 14.3 Å². The highest BCUT2D eigenvalue weighted by atomic mass is 16.5. The fourth-order valence-corrected chi connectivity index (χ4v) is 2.48. The van der Waals surface area contributed by atoms with Crippen molar-refractivity contribution in [2.24, 2.45) is 0 Å². The standard InChI is InChI=1S/C14H20N4O2/c1-4-11(13-8(2)18-20-9(13)3)15-7-12-16-17-14(19-12)10-5-6-10/h10-11,15H,4-7H2,1-3H3/t11-/m0/s1. The number of hydrogen-bond donors (Lipinski definition) is 1. The van der Waals surface area contributed by atoms with Gasteiger partial charge >= 0.3 is 0 Å². The van der Waals surface area contributed by atoms with E-state index in [-0.39, 0.29) is 6.04 Å². The van der Waals surface area contributed by atoms with Crippen LogP contribution >= 0.6 is 0 Å². The Morgan fingerprint density at radius 3 is 2.70 bits per heavy atom. The molecule has 108 valence electrons. The van der Waals surface area contributed by atoms with Crippen molar-refractivity contribution in [3.63, 3.8) is 0 Å². The summed E-state index contributed by atoms with van der Waals surface area (Å²) in [5, 5.41) is 15.6. The molecule has 20 heavy (non-hydrogen) atoms. The van der Waals surface area contributed by atoms with Crippen LogP contribution in [0, 0.1) is 13.8 Å². The Hall–Kier alpha value is -1.69. The first-order chi connectivity index (χ1) is 9.69. The highest BCUT2D eigenvalue weighted by molar-refractivity contribution is 5.24. The molecule has 2 aromatic rings. The molecular formula is C14H20N4O2. The van der Waals surface area contributed by atoms with Crippen molar-refractivity contribution in [2.45, 2.75) is 58.5 Å². The maximum atomic E-state index is 5.66. The Kier molecular flexibility index (Phi) is 3.56. The Labute approximate surface area is 117 Å². The van der Waals surface area contributed by atoms with Gasteiger partial charge in [0.15, 0.2) is 0 Å². The molecule has 1 N–H and O–H groups in total. The lowest BCUT2D eigenvalue weighted by atomic mass is 10.0. The molecule has 1 aliphatic carbocycles. The predicted octanol–water partition coefficient (Wildman–Crippen LogP) is 2.79. The lowest BCUT2D eigenvalue weighted by Gasteiger charge is -2.15. The van der Waals surface area contributed by atoms with E-state index in [0.717, 1.165) is 29.3 Å². The van der Waals surface area contributed by atoms with E-state index in [4.69, 9.17) is 8.94 Å². The molecule has 0 aliphatic heterocycles. The summed E-state index contributed by atoms with van der Waals surface area (Å²) in [4.78, 5) is 0. The van der Waals surface area contributed by atoms with E-state index in [2.05, 4.69) is 27.6 Å². The third-order valence-electron chi connectivity index (χ3n) is 3.75. The van der Waals surface area contributed by atoms with Gasteiger partial charge in [-0.3, -0.25) is 0 Å². The number of aryl methyl sites for hydroxylation is 2. The van der Waals surface area contributed by atoms with Crippen molar-refractivity contribution >= 4 is 0 Å². The van der Waals surface area contributed by atoms with E-state index in [1.807, 2.05) is 13.8 Å². The summed E-state index contributed by atoms with van der Waals surface area (Å²) >= 11 is 0. The van der Waals surface area contributed by atoms with Crippen LogP contribution in [0.4, 0.5) is 0 Å². The largest absolute Gasteiger partial charge is 0.424 e. The van der Waals surface area contributed by atoms with E-state index < -0.39 is 0 Å². The minimum Gasteiger partial charge on any atom is -0.424 e. The predicted molar refractivity (Wildman–Crippen MR) is 72.1 cm³/mol. The van der Waals surface area contributed by atoms with Gasteiger partial charge in [0.1, 0.15) is 5.76 Å². The monoisotopic (exact) mass is 276 g/mol. The molecule has 2 aromatic heterocycles. The van der Waals surface area contributed by atoms with Crippen LogP contribution in [0.15, 0.2) is 8.94 Å². The minimum absolute atomic E-state index is 0.192. The molecule has 0 saturated heterocycles. The highest BCUT2D eigenvalue weighted by Crippen LogP contribution is 2.39. The van der Waals surface area contributed by atoms with E-state index in [9.17, 15) is 0 Å². The SMILES string of the molecule is CC[C@H](NCc1nnc(C2CC2)o1)c1c(C)noc1C. The molecule has 1 saturated carbocycles. The van der Waals surface area contributed by atoms with Gasteiger partial charge in [0.2, 0.25) is 11.8 Å². The molecule has 2 heterocycles. The van der Waals surface area contributed by atoms with Crippen molar-refractivity contribution in [1.29, 1.82) is 0 Å². The van der Waals surface area contributed by atoms with Gasteiger partial charge in [-0.15, -0.1) is 10.2 Å². The number of nitrogens with one attached hydrogen (secondary N) is 1. The van der Waals surface area contributed by atoms with Gasteiger partial charge in [-0.1, -0.05) is 12.1 Å². The average molecular weight is 276 g/mol. The summed E-state index contributed by atoms with van der Waals surface area (Å²) in [7, 11) is 0. The molecule has 1 fully saturated rings. The molecule has 3 rings (SSSR count). The van der Waals surface area contributed by atoms with Crippen LogP contribution in [0.5, 0.6) is 0 Å². The highest BCUT2D eigenvalue weighted by Gasteiger charge is 2.29. The fourth-order valence-electron chi connectivity index (χ4n) is 2.48.